The second-order valence-electron chi connectivity index (χ2n) is 6.07. The van der Waals surface area contributed by atoms with Crippen LogP contribution in [0.25, 0.3) is 0 Å². The van der Waals surface area contributed by atoms with Crippen LogP contribution in [-0.2, 0) is 18.8 Å². The highest BCUT2D eigenvalue weighted by molar-refractivity contribution is 5.34. The van der Waals surface area contributed by atoms with E-state index in [0.29, 0.717) is 5.92 Å². The van der Waals surface area contributed by atoms with Gasteiger partial charge in [0, 0.05) is 0 Å². The Morgan fingerprint density at radius 1 is 0.864 bits per heavy atom. The van der Waals surface area contributed by atoms with Crippen molar-refractivity contribution in [1.82, 2.24) is 0 Å². The minimum atomic E-state index is -4.77. The van der Waals surface area contributed by atoms with Crippen LogP contribution < -0.4 is 0 Å². The topological polar surface area (TPSA) is 0 Å². The SMILES string of the molecule is CCC1CCC(Cc2cc(C(F)(F)F)cc(C(F)(F)F)c2)C1. The number of halogens is 6. The fraction of sp³-hybridized carbons (Fsp3) is 0.625. The van der Waals surface area contributed by atoms with Gasteiger partial charge in [-0.2, -0.15) is 26.3 Å². The number of hydrogen-bond donors (Lipinski definition) is 0. The van der Waals surface area contributed by atoms with Gasteiger partial charge < -0.3 is 0 Å². The Morgan fingerprint density at radius 3 is 1.77 bits per heavy atom. The van der Waals surface area contributed by atoms with E-state index >= 15 is 0 Å². The molecule has 6 heteroatoms. The van der Waals surface area contributed by atoms with Crippen molar-refractivity contribution in [2.24, 2.45) is 11.8 Å². The minimum absolute atomic E-state index is 0.129. The van der Waals surface area contributed by atoms with Crippen LogP contribution in [0.4, 0.5) is 26.3 Å². The Bertz CT molecular complexity index is 482. The molecule has 1 aromatic rings. The molecule has 124 valence electrons. The first-order valence-electron chi connectivity index (χ1n) is 7.38. The molecular weight excluding hydrogens is 306 g/mol. The molecule has 1 aliphatic carbocycles. The van der Waals surface area contributed by atoms with E-state index in [1.807, 2.05) is 0 Å². The molecule has 0 N–H and O–H groups in total. The van der Waals surface area contributed by atoms with Gasteiger partial charge in [0.25, 0.3) is 0 Å². The van der Waals surface area contributed by atoms with E-state index < -0.39 is 23.5 Å². The summed E-state index contributed by atoms with van der Waals surface area (Å²) in [4.78, 5) is 0. The Kier molecular flexibility index (Phi) is 4.78. The largest absolute Gasteiger partial charge is 0.416 e. The third-order valence-electron chi connectivity index (χ3n) is 4.40. The van der Waals surface area contributed by atoms with Crippen molar-refractivity contribution in [3.8, 4) is 0 Å². The normalized spacial score (nSPS) is 23.0. The molecule has 1 aromatic carbocycles. The second-order valence-corrected chi connectivity index (χ2v) is 6.07. The Hall–Kier alpha value is -1.20. The van der Waals surface area contributed by atoms with Gasteiger partial charge in [-0.25, -0.2) is 0 Å². The monoisotopic (exact) mass is 324 g/mol. The van der Waals surface area contributed by atoms with Crippen LogP contribution in [0.15, 0.2) is 18.2 Å². The first kappa shape index (κ1) is 17.2. The van der Waals surface area contributed by atoms with Crippen molar-refractivity contribution in [2.75, 3.05) is 0 Å². The molecule has 1 fully saturated rings. The highest BCUT2D eigenvalue weighted by Crippen LogP contribution is 2.39. The molecule has 2 rings (SSSR count). The summed E-state index contributed by atoms with van der Waals surface area (Å²) in [5.41, 5.74) is -2.31. The van der Waals surface area contributed by atoms with Gasteiger partial charge in [0.2, 0.25) is 0 Å². The molecule has 0 aromatic heterocycles. The van der Waals surface area contributed by atoms with Gasteiger partial charge >= 0.3 is 12.4 Å². The summed E-state index contributed by atoms with van der Waals surface area (Å²) in [6, 6.07) is 1.90. The average Bonchev–Trinajstić information content (AvgIpc) is 2.84. The lowest BCUT2D eigenvalue weighted by molar-refractivity contribution is -0.143. The van der Waals surface area contributed by atoms with Crippen LogP contribution in [0.1, 0.15) is 49.3 Å². The van der Waals surface area contributed by atoms with E-state index in [9.17, 15) is 26.3 Å². The number of rotatable bonds is 3. The van der Waals surface area contributed by atoms with E-state index in [1.165, 1.54) is 0 Å². The quantitative estimate of drug-likeness (QED) is 0.590. The molecule has 1 aliphatic rings. The third kappa shape index (κ3) is 4.17. The van der Waals surface area contributed by atoms with Gasteiger partial charge in [0.15, 0.2) is 0 Å². The maximum atomic E-state index is 12.8. The average molecular weight is 324 g/mol. The van der Waals surface area contributed by atoms with Crippen molar-refractivity contribution in [2.45, 2.75) is 51.4 Å². The molecule has 0 saturated heterocycles. The molecular formula is C16H18F6. The summed E-state index contributed by atoms with van der Waals surface area (Å²) in [6.45, 7) is 2.05. The summed E-state index contributed by atoms with van der Waals surface area (Å²) >= 11 is 0. The lowest BCUT2D eigenvalue weighted by Crippen LogP contribution is -2.12. The summed E-state index contributed by atoms with van der Waals surface area (Å²) in [5.74, 6) is 0.715. The van der Waals surface area contributed by atoms with Gasteiger partial charge in [-0.05, 0) is 54.9 Å². The first-order valence-corrected chi connectivity index (χ1v) is 7.38. The highest BCUT2D eigenvalue weighted by Gasteiger charge is 2.37. The summed E-state index contributed by atoms with van der Waals surface area (Å²) < 4.78 is 76.8. The molecule has 0 bridgehead atoms. The second kappa shape index (κ2) is 6.13. The van der Waals surface area contributed by atoms with Crippen LogP contribution in [0, 0.1) is 11.8 Å². The van der Waals surface area contributed by atoms with Gasteiger partial charge in [0.1, 0.15) is 0 Å². The van der Waals surface area contributed by atoms with Crippen LogP contribution in [0.2, 0.25) is 0 Å². The van der Waals surface area contributed by atoms with E-state index in [0.717, 1.165) is 37.8 Å². The van der Waals surface area contributed by atoms with Gasteiger partial charge in [-0.3, -0.25) is 0 Å². The summed E-state index contributed by atoms with van der Waals surface area (Å²) in [6.07, 6.45) is -5.48. The molecule has 22 heavy (non-hydrogen) atoms. The van der Waals surface area contributed by atoms with E-state index in [2.05, 4.69) is 6.92 Å². The lowest BCUT2D eigenvalue weighted by atomic mass is 9.93. The molecule has 0 radical (unpaired) electrons. The maximum absolute atomic E-state index is 12.8. The van der Waals surface area contributed by atoms with Crippen LogP contribution >= 0.6 is 0 Å². The predicted molar refractivity (Wildman–Crippen MR) is 71.3 cm³/mol. The minimum Gasteiger partial charge on any atom is -0.166 e. The molecule has 1 saturated carbocycles. The van der Waals surface area contributed by atoms with E-state index in [-0.39, 0.29) is 24.0 Å². The fourth-order valence-corrected chi connectivity index (χ4v) is 3.21. The summed E-state index contributed by atoms with van der Waals surface area (Å²) in [5, 5.41) is 0. The zero-order valence-corrected chi connectivity index (χ0v) is 12.2. The van der Waals surface area contributed by atoms with E-state index in [4.69, 9.17) is 0 Å². The number of alkyl halides is 6. The number of benzene rings is 1. The Morgan fingerprint density at radius 2 is 1.36 bits per heavy atom. The summed E-state index contributed by atoms with van der Waals surface area (Å²) in [7, 11) is 0. The fourth-order valence-electron chi connectivity index (χ4n) is 3.21. The van der Waals surface area contributed by atoms with Crippen molar-refractivity contribution in [1.29, 1.82) is 0 Å². The highest BCUT2D eigenvalue weighted by atomic mass is 19.4. The van der Waals surface area contributed by atoms with Gasteiger partial charge in [-0.15, -0.1) is 0 Å². The molecule has 2 unspecified atom stereocenters. The Labute approximate surface area is 125 Å². The van der Waals surface area contributed by atoms with Crippen molar-refractivity contribution < 1.29 is 26.3 Å². The molecule has 2 atom stereocenters. The lowest BCUT2D eigenvalue weighted by Gasteiger charge is -2.16. The maximum Gasteiger partial charge on any atom is 0.416 e. The van der Waals surface area contributed by atoms with Crippen LogP contribution in [0.5, 0.6) is 0 Å². The Balaban J connectivity index is 2.27. The van der Waals surface area contributed by atoms with Crippen LogP contribution in [0.3, 0.4) is 0 Å². The third-order valence-corrected chi connectivity index (χ3v) is 4.40. The molecule has 0 spiro atoms. The predicted octanol–water partition coefficient (Wildman–Crippen LogP) is 6.09. The van der Waals surface area contributed by atoms with Crippen molar-refractivity contribution in [3.63, 3.8) is 0 Å². The van der Waals surface area contributed by atoms with E-state index in [1.54, 1.807) is 0 Å². The van der Waals surface area contributed by atoms with Gasteiger partial charge in [0.05, 0.1) is 11.1 Å². The first-order chi connectivity index (χ1) is 10.1. The molecule has 0 heterocycles. The van der Waals surface area contributed by atoms with Crippen molar-refractivity contribution >= 4 is 0 Å². The zero-order chi connectivity index (χ0) is 16.5. The zero-order valence-electron chi connectivity index (χ0n) is 12.2. The molecule has 0 amide bonds. The molecule has 0 nitrogen and oxygen atoms in total. The smallest absolute Gasteiger partial charge is 0.166 e. The standard InChI is InChI=1S/C16H18F6/c1-2-10-3-4-11(5-10)6-12-7-13(15(17,18)19)9-14(8-12)16(20,21)22/h7-11H,2-6H2,1H3. The number of hydrogen-bond acceptors (Lipinski definition) is 0. The molecule has 0 aliphatic heterocycles. The van der Waals surface area contributed by atoms with Crippen molar-refractivity contribution in [3.05, 3.63) is 34.9 Å². The van der Waals surface area contributed by atoms with Gasteiger partial charge in [-0.1, -0.05) is 19.8 Å². The van der Waals surface area contributed by atoms with Crippen LogP contribution in [-0.4, -0.2) is 0 Å².